The summed E-state index contributed by atoms with van der Waals surface area (Å²) in [6, 6.07) is 2.80. The topological polar surface area (TPSA) is 53.6 Å². The molecule has 2 N–H and O–H groups in total. The van der Waals surface area contributed by atoms with Crippen LogP contribution in [-0.4, -0.2) is 48.8 Å². The fraction of sp³-hybridized carbons (Fsp3) is 0.588. The summed E-state index contributed by atoms with van der Waals surface area (Å²) in [6.07, 6.45) is 3.66. The summed E-state index contributed by atoms with van der Waals surface area (Å²) in [5.74, 6) is -0.541. The number of morpholine rings is 1. The van der Waals surface area contributed by atoms with E-state index < -0.39 is 17.7 Å². The van der Waals surface area contributed by atoms with Crippen LogP contribution in [0.2, 0.25) is 0 Å². The molecule has 2 amide bonds. The zero-order valence-electron chi connectivity index (χ0n) is 13.3. The average molecular weight is 337 g/mol. The SMILES string of the molecule is O=C(Nc1cc(F)ccc1F)N[C@H]1C[C@H]2CO[C@@H](C3CC3)CN2C1. The quantitative estimate of drug-likeness (QED) is 0.890. The van der Waals surface area contributed by atoms with Gasteiger partial charge in [0, 0.05) is 31.2 Å². The van der Waals surface area contributed by atoms with Crippen LogP contribution in [0.3, 0.4) is 0 Å². The summed E-state index contributed by atoms with van der Waals surface area (Å²) in [5, 5.41) is 5.24. The lowest BCUT2D eigenvalue weighted by molar-refractivity contribution is -0.0581. The number of nitrogens with one attached hydrogen (secondary N) is 2. The third-order valence-electron chi connectivity index (χ3n) is 5.10. The van der Waals surface area contributed by atoms with Gasteiger partial charge in [-0.15, -0.1) is 0 Å². The van der Waals surface area contributed by atoms with E-state index in [1.807, 2.05) is 0 Å². The molecule has 2 aliphatic heterocycles. The van der Waals surface area contributed by atoms with Crippen LogP contribution in [-0.2, 0) is 4.74 Å². The number of hydrogen-bond acceptors (Lipinski definition) is 3. The van der Waals surface area contributed by atoms with Crippen LogP contribution in [0, 0.1) is 17.6 Å². The summed E-state index contributed by atoms with van der Waals surface area (Å²) in [5.41, 5.74) is -0.152. The van der Waals surface area contributed by atoms with Gasteiger partial charge in [-0.25, -0.2) is 13.6 Å². The smallest absolute Gasteiger partial charge is 0.319 e. The maximum Gasteiger partial charge on any atom is 0.319 e. The van der Waals surface area contributed by atoms with Crippen LogP contribution in [0.4, 0.5) is 19.3 Å². The molecule has 0 aromatic heterocycles. The molecule has 1 aromatic rings. The fourth-order valence-electron chi connectivity index (χ4n) is 3.69. The molecule has 1 aromatic carbocycles. The number of halogens is 2. The van der Waals surface area contributed by atoms with Crippen LogP contribution in [0.1, 0.15) is 19.3 Å². The van der Waals surface area contributed by atoms with Gasteiger partial charge in [0.25, 0.3) is 0 Å². The Labute approximate surface area is 139 Å². The molecule has 130 valence electrons. The Kier molecular flexibility index (Phi) is 4.14. The largest absolute Gasteiger partial charge is 0.375 e. The first-order valence-electron chi connectivity index (χ1n) is 8.46. The molecule has 0 unspecified atom stereocenters. The second kappa shape index (κ2) is 6.29. The van der Waals surface area contributed by atoms with Gasteiger partial charge in [-0.3, -0.25) is 4.90 Å². The highest BCUT2D eigenvalue weighted by Crippen LogP contribution is 2.37. The summed E-state index contributed by atoms with van der Waals surface area (Å²) in [6.45, 7) is 2.41. The molecule has 5 nitrogen and oxygen atoms in total. The van der Waals surface area contributed by atoms with Gasteiger partial charge < -0.3 is 15.4 Å². The van der Waals surface area contributed by atoms with E-state index in [-0.39, 0.29) is 11.7 Å². The Balaban J connectivity index is 1.31. The van der Waals surface area contributed by atoms with Crippen molar-refractivity contribution < 1.29 is 18.3 Å². The third-order valence-corrected chi connectivity index (χ3v) is 5.10. The van der Waals surface area contributed by atoms with Crippen molar-refractivity contribution in [3.63, 3.8) is 0 Å². The molecule has 3 fully saturated rings. The first kappa shape index (κ1) is 15.8. The first-order valence-corrected chi connectivity index (χ1v) is 8.46. The number of carbonyl (C=O) groups is 1. The number of urea groups is 1. The van der Waals surface area contributed by atoms with Gasteiger partial charge in [-0.1, -0.05) is 0 Å². The third kappa shape index (κ3) is 3.37. The Bertz CT molecular complexity index is 638. The standard InChI is InChI=1S/C17H21F2N3O2/c18-11-3-4-14(19)15(5-11)21-17(23)20-12-6-13-9-24-16(10-1-2-10)8-22(13)7-12/h3-5,10,12-13,16H,1-2,6-9H2,(H2,20,21,23)/t12-,13-,16+/m0/s1. The maximum atomic E-state index is 13.6. The van der Waals surface area contributed by atoms with Crippen molar-refractivity contribution >= 4 is 11.7 Å². The van der Waals surface area contributed by atoms with Crippen molar-refractivity contribution in [3.05, 3.63) is 29.8 Å². The zero-order chi connectivity index (χ0) is 16.7. The molecule has 2 heterocycles. The number of fused-ring (bicyclic) bond motifs is 1. The number of amides is 2. The lowest BCUT2D eigenvalue weighted by Gasteiger charge is -2.35. The molecule has 0 radical (unpaired) electrons. The molecule has 1 saturated carbocycles. The Morgan fingerprint density at radius 1 is 1.25 bits per heavy atom. The molecular formula is C17H21F2N3O2. The average Bonchev–Trinajstić information content (AvgIpc) is 3.31. The maximum absolute atomic E-state index is 13.6. The highest BCUT2D eigenvalue weighted by atomic mass is 19.1. The molecule has 24 heavy (non-hydrogen) atoms. The molecule has 2 saturated heterocycles. The van der Waals surface area contributed by atoms with Gasteiger partial charge in [-0.05, 0) is 37.3 Å². The minimum Gasteiger partial charge on any atom is -0.375 e. The molecule has 0 bridgehead atoms. The van der Waals surface area contributed by atoms with Crippen LogP contribution >= 0.6 is 0 Å². The van der Waals surface area contributed by atoms with Crippen LogP contribution < -0.4 is 10.6 Å². The molecule has 3 atom stereocenters. The number of nitrogens with zero attached hydrogens (tertiary/aromatic N) is 1. The molecule has 0 spiro atoms. The number of hydrogen-bond donors (Lipinski definition) is 2. The number of anilines is 1. The van der Waals surface area contributed by atoms with E-state index in [0.29, 0.717) is 24.7 Å². The summed E-state index contributed by atoms with van der Waals surface area (Å²) in [7, 11) is 0. The fourth-order valence-corrected chi connectivity index (χ4v) is 3.69. The minimum atomic E-state index is -0.656. The second-order valence-electron chi connectivity index (χ2n) is 6.97. The second-order valence-corrected chi connectivity index (χ2v) is 6.97. The van der Waals surface area contributed by atoms with E-state index >= 15 is 0 Å². The van der Waals surface area contributed by atoms with Crippen molar-refractivity contribution in [2.75, 3.05) is 25.0 Å². The molecule has 4 rings (SSSR count). The van der Waals surface area contributed by atoms with E-state index in [2.05, 4.69) is 15.5 Å². The summed E-state index contributed by atoms with van der Waals surface area (Å²) < 4.78 is 32.7. The normalized spacial score (nSPS) is 30.0. The molecule has 7 heteroatoms. The van der Waals surface area contributed by atoms with Crippen LogP contribution in [0.25, 0.3) is 0 Å². The van der Waals surface area contributed by atoms with Gasteiger partial charge in [0.2, 0.25) is 0 Å². The molecular weight excluding hydrogens is 316 g/mol. The van der Waals surface area contributed by atoms with E-state index in [0.717, 1.165) is 37.7 Å². The predicted octanol–water partition coefficient (Wildman–Crippen LogP) is 2.34. The summed E-state index contributed by atoms with van der Waals surface area (Å²) >= 11 is 0. The lowest BCUT2D eigenvalue weighted by Crippen LogP contribution is -2.47. The van der Waals surface area contributed by atoms with Crippen molar-refractivity contribution in [1.29, 1.82) is 0 Å². The van der Waals surface area contributed by atoms with Crippen LogP contribution in [0.15, 0.2) is 18.2 Å². The summed E-state index contributed by atoms with van der Waals surface area (Å²) in [4.78, 5) is 14.4. The van der Waals surface area contributed by atoms with Crippen molar-refractivity contribution in [2.24, 2.45) is 5.92 Å². The monoisotopic (exact) mass is 337 g/mol. The molecule has 1 aliphatic carbocycles. The predicted molar refractivity (Wildman–Crippen MR) is 84.7 cm³/mol. The minimum absolute atomic E-state index is 0.00632. The number of carbonyl (C=O) groups excluding carboxylic acids is 1. The highest BCUT2D eigenvalue weighted by molar-refractivity contribution is 5.89. The van der Waals surface area contributed by atoms with Gasteiger partial charge in [0.1, 0.15) is 11.6 Å². The van der Waals surface area contributed by atoms with E-state index in [4.69, 9.17) is 4.74 Å². The van der Waals surface area contributed by atoms with Crippen LogP contribution in [0.5, 0.6) is 0 Å². The zero-order valence-corrected chi connectivity index (χ0v) is 13.3. The van der Waals surface area contributed by atoms with Gasteiger partial charge in [0.15, 0.2) is 0 Å². The Morgan fingerprint density at radius 3 is 2.88 bits per heavy atom. The number of rotatable bonds is 3. The lowest BCUT2D eigenvalue weighted by atomic mass is 10.1. The Hall–Kier alpha value is -1.73. The van der Waals surface area contributed by atoms with Crippen molar-refractivity contribution in [1.82, 2.24) is 10.2 Å². The van der Waals surface area contributed by atoms with E-state index in [1.54, 1.807) is 0 Å². The van der Waals surface area contributed by atoms with Crippen molar-refractivity contribution in [2.45, 2.75) is 37.5 Å². The number of ether oxygens (including phenoxy) is 1. The highest BCUT2D eigenvalue weighted by Gasteiger charge is 2.42. The molecule has 3 aliphatic rings. The number of benzene rings is 1. The van der Waals surface area contributed by atoms with Gasteiger partial charge in [0.05, 0.1) is 18.4 Å². The van der Waals surface area contributed by atoms with Gasteiger partial charge in [-0.2, -0.15) is 0 Å². The first-order chi connectivity index (χ1) is 11.6. The van der Waals surface area contributed by atoms with E-state index in [1.165, 1.54) is 12.8 Å². The van der Waals surface area contributed by atoms with Gasteiger partial charge >= 0.3 is 6.03 Å². The van der Waals surface area contributed by atoms with E-state index in [9.17, 15) is 13.6 Å². The van der Waals surface area contributed by atoms with Crippen molar-refractivity contribution in [3.8, 4) is 0 Å². The Morgan fingerprint density at radius 2 is 2.08 bits per heavy atom.